The molecule has 1 atom stereocenters. The third-order valence-electron chi connectivity index (χ3n) is 3.69. The van der Waals surface area contributed by atoms with E-state index in [2.05, 4.69) is 4.98 Å². The minimum Gasteiger partial charge on any atom is -0.431 e. The highest BCUT2D eigenvalue weighted by atomic mass is 32.2. The molecule has 0 saturated carbocycles. The van der Waals surface area contributed by atoms with Gasteiger partial charge in [0.1, 0.15) is 5.52 Å². The van der Waals surface area contributed by atoms with E-state index in [9.17, 15) is 4.79 Å². The van der Waals surface area contributed by atoms with Crippen molar-refractivity contribution in [2.45, 2.75) is 36.7 Å². The lowest BCUT2D eigenvalue weighted by molar-refractivity contribution is -0.131. The van der Waals surface area contributed by atoms with Crippen LogP contribution in [0.1, 0.15) is 26.2 Å². The van der Waals surface area contributed by atoms with Gasteiger partial charge in [-0.1, -0.05) is 11.8 Å². The van der Waals surface area contributed by atoms with E-state index in [4.69, 9.17) is 10.2 Å². The highest BCUT2D eigenvalue weighted by Gasteiger charge is 2.24. The quantitative estimate of drug-likeness (QED) is 0.697. The number of anilines is 1. The number of thioether (sulfide) groups is 1. The molecule has 1 unspecified atom stereocenters. The Balaban J connectivity index is 1.70. The van der Waals surface area contributed by atoms with Crippen LogP contribution in [0.15, 0.2) is 27.8 Å². The minimum atomic E-state index is -0.187. The van der Waals surface area contributed by atoms with Crippen LogP contribution in [0.2, 0.25) is 0 Å². The van der Waals surface area contributed by atoms with Crippen molar-refractivity contribution in [2.24, 2.45) is 0 Å². The maximum Gasteiger partial charge on any atom is 0.257 e. The largest absolute Gasteiger partial charge is 0.431 e. The average molecular weight is 305 g/mol. The van der Waals surface area contributed by atoms with Gasteiger partial charge in [0, 0.05) is 18.8 Å². The molecule has 1 fully saturated rings. The van der Waals surface area contributed by atoms with Crippen LogP contribution in [0, 0.1) is 0 Å². The summed E-state index contributed by atoms with van der Waals surface area (Å²) in [5.41, 5.74) is 7.82. The Bertz CT molecular complexity index is 649. The van der Waals surface area contributed by atoms with Gasteiger partial charge in [-0.05, 0) is 44.4 Å². The fraction of sp³-hybridized carbons (Fsp3) is 0.467. The third kappa shape index (κ3) is 3.15. The molecule has 112 valence electrons. The summed E-state index contributed by atoms with van der Waals surface area (Å²) in [5.74, 6) is 0.168. The van der Waals surface area contributed by atoms with E-state index in [1.165, 1.54) is 18.2 Å². The lowest BCUT2D eigenvalue weighted by Crippen LogP contribution is -2.40. The van der Waals surface area contributed by atoms with Gasteiger partial charge >= 0.3 is 0 Å². The predicted octanol–water partition coefficient (Wildman–Crippen LogP) is 2.90. The number of hydrogen-bond donors (Lipinski definition) is 1. The van der Waals surface area contributed by atoms with Gasteiger partial charge in [0.25, 0.3) is 5.22 Å². The van der Waals surface area contributed by atoms with Crippen LogP contribution in [-0.4, -0.2) is 34.1 Å². The Morgan fingerprint density at radius 1 is 1.38 bits per heavy atom. The van der Waals surface area contributed by atoms with E-state index in [1.54, 1.807) is 18.2 Å². The zero-order chi connectivity index (χ0) is 14.8. The number of hydrogen-bond acceptors (Lipinski definition) is 5. The fourth-order valence-corrected chi connectivity index (χ4v) is 3.39. The number of likely N-dealkylation sites (tertiary alicyclic amines) is 1. The van der Waals surface area contributed by atoms with Gasteiger partial charge in [-0.3, -0.25) is 4.79 Å². The van der Waals surface area contributed by atoms with E-state index in [1.807, 2.05) is 11.8 Å². The van der Waals surface area contributed by atoms with Crippen molar-refractivity contribution >= 4 is 34.5 Å². The summed E-state index contributed by atoms with van der Waals surface area (Å²) in [5, 5.41) is 0.335. The number of fused-ring (bicyclic) bond motifs is 1. The van der Waals surface area contributed by atoms with Crippen LogP contribution in [0.4, 0.5) is 5.69 Å². The summed E-state index contributed by atoms with van der Waals surface area (Å²) in [6, 6.07) is 5.36. The first-order valence-corrected chi connectivity index (χ1v) is 8.13. The Kier molecular flexibility index (Phi) is 4.05. The second-order valence-corrected chi connectivity index (χ2v) is 6.65. The van der Waals surface area contributed by atoms with Crippen LogP contribution < -0.4 is 5.73 Å². The van der Waals surface area contributed by atoms with Crippen LogP contribution in [-0.2, 0) is 4.79 Å². The Labute approximate surface area is 127 Å². The van der Waals surface area contributed by atoms with E-state index >= 15 is 0 Å². The molecule has 1 aromatic carbocycles. The van der Waals surface area contributed by atoms with Crippen molar-refractivity contribution in [3.63, 3.8) is 0 Å². The molecule has 1 aliphatic heterocycles. The van der Waals surface area contributed by atoms with Gasteiger partial charge < -0.3 is 15.1 Å². The molecular weight excluding hydrogens is 286 g/mol. The van der Waals surface area contributed by atoms with Crippen LogP contribution >= 0.6 is 11.8 Å². The number of oxazole rings is 1. The van der Waals surface area contributed by atoms with Gasteiger partial charge in [0.05, 0.1) is 5.25 Å². The summed E-state index contributed by atoms with van der Waals surface area (Å²) in [6.45, 7) is 3.65. The number of nitrogen functional groups attached to an aromatic ring is 1. The minimum absolute atomic E-state index is 0.168. The lowest BCUT2D eigenvalue weighted by atomic mass is 10.1. The molecule has 2 heterocycles. The molecule has 2 aromatic rings. The van der Waals surface area contributed by atoms with Crippen LogP contribution in [0.25, 0.3) is 11.1 Å². The Morgan fingerprint density at radius 3 is 2.90 bits per heavy atom. The number of nitrogens with zero attached hydrogens (tertiary/aromatic N) is 2. The molecule has 1 saturated heterocycles. The number of carbonyl (C=O) groups excluding carboxylic acids is 1. The van der Waals surface area contributed by atoms with E-state index < -0.39 is 0 Å². The van der Waals surface area contributed by atoms with E-state index in [-0.39, 0.29) is 11.2 Å². The zero-order valence-electron chi connectivity index (χ0n) is 12.0. The number of aromatic nitrogens is 1. The summed E-state index contributed by atoms with van der Waals surface area (Å²) in [6.07, 6.45) is 3.43. The molecule has 5 nitrogen and oxygen atoms in total. The maximum atomic E-state index is 12.4. The molecule has 2 N–H and O–H groups in total. The SMILES string of the molecule is CC(Sc1nc2cc(N)ccc2o1)C(=O)N1CCCCC1. The first kappa shape index (κ1) is 14.3. The number of benzene rings is 1. The number of nitrogens with two attached hydrogens (primary N) is 1. The standard InChI is InChI=1S/C15H19N3O2S/c1-10(14(19)18-7-3-2-4-8-18)21-15-17-12-9-11(16)5-6-13(12)20-15/h5-6,9-10H,2-4,7-8,16H2,1H3. The number of carbonyl (C=O) groups is 1. The summed E-state index contributed by atoms with van der Waals surface area (Å²) < 4.78 is 5.66. The molecule has 1 aliphatic rings. The van der Waals surface area contributed by atoms with Crippen molar-refractivity contribution in [1.29, 1.82) is 0 Å². The van der Waals surface area contributed by atoms with Gasteiger partial charge in [0.15, 0.2) is 5.58 Å². The van der Waals surface area contributed by atoms with Crippen molar-refractivity contribution in [3.8, 4) is 0 Å². The van der Waals surface area contributed by atoms with Gasteiger partial charge in [-0.15, -0.1) is 0 Å². The lowest BCUT2D eigenvalue weighted by Gasteiger charge is -2.28. The van der Waals surface area contributed by atoms with Crippen LogP contribution in [0.3, 0.4) is 0 Å². The van der Waals surface area contributed by atoms with Gasteiger partial charge in [-0.2, -0.15) is 0 Å². The molecule has 0 bridgehead atoms. The Morgan fingerprint density at radius 2 is 2.14 bits per heavy atom. The number of piperidine rings is 1. The Hall–Kier alpha value is -1.69. The average Bonchev–Trinajstić information content (AvgIpc) is 2.88. The molecule has 3 rings (SSSR count). The fourth-order valence-electron chi connectivity index (χ4n) is 2.55. The molecule has 1 amide bonds. The molecule has 0 radical (unpaired) electrons. The van der Waals surface area contributed by atoms with Gasteiger partial charge in [-0.25, -0.2) is 4.98 Å². The summed E-state index contributed by atoms with van der Waals surface area (Å²) in [7, 11) is 0. The third-order valence-corrected chi connectivity index (χ3v) is 4.62. The van der Waals surface area contributed by atoms with Crippen LogP contribution in [0.5, 0.6) is 0 Å². The first-order chi connectivity index (χ1) is 10.1. The number of amides is 1. The zero-order valence-corrected chi connectivity index (χ0v) is 12.9. The highest BCUT2D eigenvalue weighted by Crippen LogP contribution is 2.28. The number of rotatable bonds is 3. The smallest absolute Gasteiger partial charge is 0.257 e. The topological polar surface area (TPSA) is 72.4 Å². The summed E-state index contributed by atoms with van der Waals surface area (Å²) in [4.78, 5) is 18.7. The first-order valence-electron chi connectivity index (χ1n) is 7.25. The normalized spacial score (nSPS) is 17.1. The molecule has 1 aromatic heterocycles. The monoisotopic (exact) mass is 305 g/mol. The molecular formula is C15H19N3O2S. The predicted molar refractivity (Wildman–Crippen MR) is 84.2 cm³/mol. The molecule has 21 heavy (non-hydrogen) atoms. The van der Waals surface area contributed by atoms with Crippen molar-refractivity contribution in [3.05, 3.63) is 18.2 Å². The van der Waals surface area contributed by atoms with Crippen molar-refractivity contribution in [2.75, 3.05) is 18.8 Å². The van der Waals surface area contributed by atoms with Gasteiger partial charge in [0.2, 0.25) is 5.91 Å². The second-order valence-electron chi connectivity index (χ2n) is 5.35. The second kappa shape index (κ2) is 5.97. The molecule has 0 aliphatic carbocycles. The highest BCUT2D eigenvalue weighted by molar-refractivity contribution is 8.00. The van der Waals surface area contributed by atoms with Crippen molar-refractivity contribution < 1.29 is 9.21 Å². The van der Waals surface area contributed by atoms with E-state index in [0.717, 1.165) is 31.4 Å². The summed E-state index contributed by atoms with van der Waals surface area (Å²) >= 11 is 1.37. The molecule has 6 heteroatoms. The van der Waals surface area contributed by atoms with Crippen molar-refractivity contribution in [1.82, 2.24) is 9.88 Å². The molecule has 0 spiro atoms. The maximum absolute atomic E-state index is 12.4. The van der Waals surface area contributed by atoms with E-state index in [0.29, 0.717) is 16.5 Å².